The summed E-state index contributed by atoms with van der Waals surface area (Å²) in [5, 5.41) is 2.76. The lowest BCUT2D eigenvalue weighted by Crippen LogP contribution is -2.26. The van der Waals surface area contributed by atoms with Crippen LogP contribution in [0, 0.1) is 5.92 Å². The number of carbonyl (C=O) groups is 1. The second-order valence-corrected chi connectivity index (χ2v) is 3.99. The number of nitrogens with one attached hydrogen (secondary N) is 1. The molecule has 4 heteroatoms. The number of furan rings is 1. The maximum absolute atomic E-state index is 11.3. The lowest BCUT2D eigenvalue weighted by molar-refractivity contribution is 0.0920. The quantitative estimate of drug-likeness (QED) is 0.889. The van der Waals surface area contributed by atoms with Crippen molar-refractivity contribution in [2.24, 2.45) is 5.92 Å². The Balaban J connectivity index is 2.49. The van der Waals surface area contributed by atoms with Crippen LogP contribution in [0.15, 0.2) is 21.2 Å². The number of hydrogen-bond donors (Lipinski definition) is 1. The molecule has 1 N–H and O–H groups in total. The molecule has 0 spiro atoms. The third-order valence-corrected chi connectivity index (χ3v) is 1.89. The van der Waals surface area contributed by atoms with E-state index in [1.807, 2.05) is 13.8 Å². The van der Waals surface area contributed by atoms with E-state index in [-0.39, 0.29) is 5.91 Å². The largest absolute Gasteiger partial charge is 0.444 e. The van der Waals surface area contributed by atoms with Gasteiger partial charge in [-0.2, -0.15) is 0 Å². The number of amides is 1. The summed E-state index contributed by atoms with van der Waals surface area (Å²) in [6.45, 7) is 4.74. The van der Waals surface area contributed by atoms with Crippen molar-refractivity contribution in [1.82, 2.24) is 5.32 Å². The average molecular weight is 246 g/mol. The van der Waals surface area contributed by atoms with Crippen molar-refractivity contribution >= 4 is 21.8 Å². The van der Waals surface area contributed by atoms with Gasteiger partial charge in [0.05, 0.1) is 0 Å². The summed E-state index contributed by atoms with van der Waals surface area (Å²) in [5.74, 6) is 0.620. The summed E-state index contributed by atoms with van der Waals surface area (Å²) in [6, 6.07) is 3.34. The molecule has 3 nitrogen and oxygen atoms in total. The molecular weight excluding hydrogens is 234 g/mol. The van der Waals surface area contributed by atoms with Crippen molar-refractivity contribution in [2.45, 2.75) is 13.8 Å². The third kappa shape index (κ3) is 3.22. The molecule has 0 aliphatic carbocycles. The van der Waals surface area contributed by atoms with Gasteiger partial charge >= 0.3 is 0 Å². The van der Waals surface area contributed by atoms with E-state index < -0.39 is 0 Å². The van der Waals surface area contributed by atoms with Crippen molar-refractivity contribution in [3.8, 4) is 0 Å². The van der Waals surface area contributed by atoms with Crippen molar-refractivity contribution in [3.63, 3.8) is 0 Å². The molecule has 1 rings (SSSR count). The zero-order chi connectivity index (χ0) is 9.84. The highest BCUT2D eigenvalue weighted by molar-refractivity contribution is 9.10. The van der Waals surface area contributed by atoms with Crippen LogP contribution in [0.25, 0.3) is 0 Å². The monoisotopic (exact) mass is 245 g/mol. The second kappa shape index (κ2) is 4.46. The second-order valence-electron chi connectivity index (χ2n) is 3.21. The van der Waals surface area contributed by atoms with Gasteiger partial charge in [0.15, 0.2) is 10.4 Å². The van der Waals surface area contributed by atoms with Crippen molar-refractivity contribution in [2.75, 3.05) is 6.54 Å². The van der Waals surface area contributed by atoms with Crippen LogP contribution >= 0.6 is 15.9 Å². The summed E-state index contributed by atoms with van der Waals surface area (Å²) >= 11 is 3.13. The summed E-state index contributed by atoms with van der Waals surface area (Å²) in [6.07, 6.45) is 0. The van der Waals surface area contributed by atoms with Gasteiger partial charge in [0.2, 0.25) is 0 Å². The normalized spacial score (nSPS) is 10.5. The number of hydrogen-bond acceptors (Lipinski definition) is 2. The van der Waals surface area contributed by atoms with Crippen LogP contribution in [-0.4, -0.2) is 12.5 Å². The maximum atomic E-state index is 11.3. The van der Waals surface area contributed by atoms with E-state index in [0.717, 1.165) is 0 Å². The van der Waals surface area contributed by atoms with Gasteiger partial charge in [0.1, 0.15) is 0 Å². The Kier molecular flexibility index (Phi) is 3.54. The molecule has 72 valence electrons. The fourth-order valence-electron chi connectivity index (χ4n) is 0.820. The first kappa shape index (κ1) is 10.3. The topological polar surface area (TPSA) is 42.2 Å². The van der Waals surface area contributed by atoms with E-state index in [1.165, 1.54) is 0 Å². The first-order chi connectivity index (χ1) is 6.09. The minimum Gasteiger partial charge on any atom is -0.444 e. The fraction of sp³-hybridized carbons (Fsp3) is 0.444. The molecule has 0 unspecified atom stereocenters. The molecule has 0 aliphatic heterocycles. The van der Waals surface area contributed by atoms with Crippen LogP contribution < -0.4 is 5.32 Å². The van der Waals surface area contributed by atoms with Crippen molar-refractivity contribution in [1.29, 1.82) is 0 Å². The van der Waals surface area contributed by atoms with Gasteiger partial charge in [0, 0.05) is 6.54 Å². The van der Waals surface area contributed by atoms with Crippen LogP contribution in [0.4, 0.5) is 0 Å². The Morgan fingerprint density at radius 3 is 2.77 bits per heavy atom. The number of halogens is 1. The van der Waals surface area contributed by atoms with Crippen molar-refractivity contribution in [3.05, 3.63) is 22.6 Å². The van der Waals surface area contributed by atoms with Crippen LogP contribution in [0.5, 0.6) is 0 Å². The average Bonchev–Trinajstić information content (AvgIpc) is 2.47. The Morgan fingerprint density at radius 1 is 1.62 bits per heavy atom. The van der Waals surface area contributed by atoms with Crippen LogP contribution in [0.1, 0.15) is 24.4 Å². The Hall–Kier alpha value is -0.770. The summed E-state index contributed by atoms with van der Waals surface area (Å²) in [4.78, 5) is 11.3. The summed E-state index contributed by atoms with van der Waals surface area (Å²) in [7, 11) is 0. The maximum Gasteiger partial charge on any atom is 0.287 e. The Morgan fingerprint density at radius 2 is 2.31 bits per heavy atom. The molecule has 0 radical (unpaired) electrons. The molecule has 1 heterocycles. The predicted molar refractivity (Wildman–Crippen MR) is 53.6 cm³/mol. The van der Waals surface area contributed by atoms with Crippen molar-refractivity contribution < 1.29 is 9.21 Å². The highest BCUT2D eigenvalue weighted by atomic mass is 79.9. The lowest BCUT2D eigenvalue weighted by Gasteiger charge is -2.04. The first-order valence-electron chi connectivity index (χ1n) is 4.13. The van der Waals surface area contributed by atoms with E-state index in [4.69, 9.17) is 4.42 Å². The molecule has 0 saturated carbocycles. The van der Waals surface area contributed by atoms with Gasteiger partial charge in [-0.1, -0.05) is 13.8 Å². The lowest BCUT2D eigenvalue weighted by atomic mass is 10.2. The molecule has 0 saturated heterocycles. The van der Waals surface area contributed by atoms with Gasteiger partial charge in [-0.25, -0.2) is 0 Å². The van der Waals surface area contributed by atoms with Gasteiger partial charge in [0.25, 0.3) is 5.91 Å². The molecule has 1 aromatic rings. The smallest absolute Gasteiger partial charge is 0.287 e. The van der Waals surface area contributed by atoms with E-state index in [2.05, 4.69) is 21.2 Å². The highest BCUT2D eigenvalue weighted by Crippen LogP contribution is 2.13. The van der Waals surface area contributed by atoms with Gasteiger partial charge < -0.3 is 9.73 Å². The molecule has 0 aromatic carbocycles. The molecule has 0 fully saturated rings. The molecule has 13 heavy (non-hydrogen) atoms. The third-order valence-electron chi connectivity index (χ3n) is 1.47. The Labute approximate surface area is 85.6 Å². The van der Waals surface area contributed by atoms with Gasteiger partial charge in [-0.05, 0) is 34.0 Å². The highest BCUT2D eigenvalue weighted by Gasteiger charge is 2.09. The SMILES string of the molecule is CC(C)CNC(=O)c1ccc(Br)o1. The molecule has 0 aliphatic rings. The van der Waals surface area contributed by atoms with Crippen LogP contribution in [0.2, 0.25) is 0 Å². The Bertz CT molecular complexity index is 294. The van der Waals surface area contributed by atoms with Gasteiger partial charge in [-0.3, -0.25) is 4.79 Å². The number of rotatable bonds is 3. The molecule has 0 atom stereocenters. The van der Waals surface area contributed by atoms with Gasteiger partial charge in [-0.15, -0.1) is 0 Å². The first-order valence-corrected chi connectivity index (χ1v) is 4.92. The zero-order valence-electron chi connectivity index (χ0n) is 7.63. The van der Waals surface area contributed by atoms with Crippen LogP contribution in [-0.2, 0) is 0 Å². The number of carbonyl (C=O) groups excluding carboxylic acids is 1. The van der Waals surface area contributed by atoms with Crippen LogP contribution in [0.3, 0.4) is 0 Å². The molecule has 1 aromatic heterocycles. The minimum atomic E-state index is -0.167. The minimum absolute atomic E-state index is 0.167. The predicted octanol–water partition coefficient (Wildman–Crippen LogP) is 2.43. The standard InChI is InChI=1S/C9H12BrNO2/c1-6(2)5-11-9(12)7-3-4-8(10)13-7/h3-4,6H,5H2,1-2H3,(H,11,12). The summed E-state index contributed by atoms with van der Waals surface area (Å²) in [5.41, 5.74) is 0. The van der Waals surface area contributed by atoms with E-state index in [1.54, 1.807) is 12.1 Å². The summed E-state index contributed by atoms with van der Waals surface area (Å²) < 4.78 is 5.65. The molecule has 0 bridgehead atoms. The molecule has 1 amide bonds. The van der Waals surface area contributed by atoms with E-state index in [9.17, 15) is 4.79 Å². The fourth-order valence-corrected chi connectivity index (χ4v) is 1.13. The van der Waals surface area contributed by atoms with E-state index in [0.29, 0.717) is 22.9 Å². The van der Waals surface area contributed by atoms with E-state index >= 15 is 0 Å². The molecular formula is C9H12BrNO2. The zero-order valence-corrected chi connectivity index (χ0v) is 9.22.